The first-order valence-electron chi connectivity index (χ1n) is 16.7. The van der Waals surface area contributed by atoms with E-state index in [9.17, 15) is 0 Å². The highest BCUT2D eigenvalue weighted by Crippen LogP contribution is 2.37. The van der Waals surface area contributed by atoms with Gasteiger partial charge in [-0.25, -0.2) is 9.97 Å². The standard InChI is InChI=1S/C46H28N2OS/c1-3-11-36-29(8-1)10-7-13-37(36)30-16-18-31(19-17-30)40-28-41(32-20-22-33(23-21-32)45-27-34-9-2-6-15-44(34)50-45)48-46(47-40)35-24-25-39-38-12-4-5-14-42(38)49-43(39)26-35/h1-28H. The first kappa shape index (κ1) is 28.6. The maximum Gasteiger partial charge on any atom is 0.160 e. The predicted molar refractivity (Wildman–Crippen MR) is 209 cm³/mol. The van der Waals surface area contributed by atoms with Crippen molar-refractivity contribution in [2.45, 2.75) is 0 Å². The average Bonchev–Trinajstić information content (AvgIpc) is 3.79. The Hall–Kier alpha value is -6.36. The van der Waals surface area contributed by atoms with Gasteiger partial charge in [0.25, 0.3) is 0 Å². The summed E-state index contributed by atoms with van der Waals surface area (Å²) >= 11 is 1.82. The molecule has 0 fully saturated rings. The van der Waals surface area contributed by atoms with E-state index in [2.05, 4.69) is 152 Å². The molecular formula is C46H28N2OS. The van der Waals surface area contributed by atoms with Crippen LogP contribution in [0.4, 0.5) is 0 Å². The number of hydrogen-bond acceptors (Lipinski definition) is 4. The lowest BCUT2D eigenvalue weighted by atomic mass is 9.97. The van der Waals surface area contributed by atoms with Crippen LogP contribution in [0.5, 0.6) is 0 Å². The summed E-state index contributed by atoms with van der Waals surface area (Å²) in [6.45, 7) is 0. The van der Waals surface area contributed by atoms with Crippen molar-refractivity contribution in [3.63, 3.8) is 0 Å². The normalized spacial score (nSPS) is 11.6. The van der Waals surface area contributed by atoms with Crippen molar-refractivity contribution in [2.24, 2.45) is 0 Å². The zero-order chi connectivity index (χ0) is 33.0. The Morgan fingerprint density at radius 2 is 1.00 bits per heavy atom. The van der Waals surface area contributed by atoms with Crippen LogP contribution in [-0.2, 0) is 0 Å². The SMILES string of the molecule is c1ccc2sc(-c3ccc(-c4cc(-c5ccc(-c6cccc7ccccc67)cc5)nc(-c5ccc6c(c5)oc5ccccc56)n4)cc3)cc2c1. The largest absolute Gasteiger partial charge is 0.456 e. The van der Waals surface area contributed by atoms with Gasteiger partial charge in [-0.05, 0) is 69.2 Å². The molecule has 50 heavy (non-hydrogen) atoms. The van der Waals surface area contributed by atoms with Crippen LogP contribution in [0.2, 0.25) is 0 Å². The number of aromatic nitrogens is 2. The summed E-state index contributed by atoms with van der Waals surface area (Å²) in [5.41, 5.74) is 10.0. The Morgan fingerprint density at radius 3 is 1.78 bits per heavy atom. The van der Waals surface area contributed by atoms with Crippen molar-refractivity contribution in [1.29, 1.82) is 0 Å². The van der Waals surface area contributed by atoms with Crippen LogP contribution in [-0.4, -0.2) is 9.97 Å². The summed E-state index contributed by atoms with van der Waals surface area (Å²) < 4.78 is 7.55. The van der Waals surface area contributed by atoms with Crippen molar-refractivity contribution in [2.75, 3.05) is 0 Å². The molecule has 0 radical (unpaired) electrons. The van der Waals surface area contributed by atoms with Gasteiger partial charge in [0.2, 0.25) is 0 Å². The molecule has 0 aliphatic rings. The zero-order valence-electron chi connectivity index (χ0n) is 26.9. The quantitative estimate of drug-likeness (QED) is 0.185. The number of hydrogen-bond donors (Lipinski definition) is 0. The first-order valence-corrected chi connectivity index (χ1v) is 17.5. The van der Waals surface area contributed by atoms with Crippen molar-refractivity contribution in [3.05, 3.63) is 170 Å². The Kier molecular flexibility index (Phi) is 6.68. The fourth-order valence-electron chi connectivity index (χ4n) is 6.96. The summed E-state index contributed by atoms with van der Waals surface area (Å²) in [4.78, 5) is 11.6. The molecule has 0 saturated heterocycles. The molecule has 0 spiro atoms. The molecule has 0 bridgehead atoms. The Morgan fingerprint density at radius 1 is 0.400 bits per heavy atom. The maximum absolute atomic E-state index is 6.25. The first-order chi connectivity index (χ1) is 24.7. The van der Waals surface area contributed by atoms with E-state index in [0.29, 0.717) is 5.82 Å². The lowest BCUT2D eigenvalue weighted by molar-refractivity contribution is 0.669. The number of nitrogens with zero attached hydrogens (tertiary/aromatic N) is 2. The third-order valence-electron chi connectivity index (χ3n) is 9.54. The summed E-state index contributed by atoms with van der Waals surface area (Å²) in [6.07, 6.45) is 0. The van der Waals surface area contributed by atoms with Gasteiger partial charge in [-0.3, -0.25) is 0 Å². The lowest BCUT2D eigenvalue weighted by Gasteiger charge is -2.11. The van der Waals surface area contributed by atoms with Crippen LogP contribution in [0.15, 0.2) is 174 Å². The maximum atomic E-state index is 6.25. The Balaban J connectivity index is 1.08. The summed E-state index contributed by atoms with van der Waals surface area (Å²) in [7, 11) is 0. The molecule has 10 rings (SSSR count). The minimum atomic E-state index is 0.659. The molecule has 3 nitrogen and oxygen atoms in total. The summed E-state index contributed by atoms with van der Waals surface area (Å²) in [5, 5.41) is 5.94. The molecule has 0 aliphatic heterocycles. The zero-order valence-corrected chi connectivity index (χ0v) is 27.7. The molecule has 4 heteroatoms. The van der Waals surface area contributed by atoms with Crippen molar-refractivity contribution in [3.8, 4) is 55.5 Å². The van der Waals surface area contributed by atoms with Crippen LogP contribution >= 0.6 is 11.3 Å². The van der Waals surface area contributed by atoms with Gasteiger partial charge in [-0.15, -0.1) is 11.3 Å². The fraction of sp³-hybridized carbons (Fsp3) is 0. The monoisotopic (exact) mass is 656 g/mol. The van der Waals surface area contributed by atoms with Gasteiger partial charge < -0.3 is 4.42 Å². The highest BCUT2D eigenvalue weighted by molar-refractivity contribution is 7.22. The Bertz CT molecular complexity index is 2830. The summed E-state index contributed by atoms with van der Waals surface area (Å²) in [5.74, 6) is 0.659. The van der Waals surface area contributed by atoms with Gasteiger partial charge in [-0.2, -0.15) is 0 Å². The van der Waals surface area contributed by atoms with Crippen molar-refractivity contribution >= 4 is 54.1 Å². The molecule has 10 aromatic rings. The minimum absolute atomic E-state index is 0.659. The number of fused-ring (bicyclic) bond motifs is 5. The topological polar surface area (TPSA) is 38.9 Å². The molecular weight excluding hydrogens is 629 g/mol. The molecule has 0 aliphatic carbocycles. The molecule has 0 N–H and O–H groups in total. The van der Waals surface area contributed by atoms with E-state index in [0.717, 1.165) is 50.0 Å². The van der Waals surface area contributed by atoms with Crippen LogP contribution in [0.1, 0.15) is 0 Å². The molecule has 234 valence electrons. The molecule has 3 aromatic heterocycles. The van der Waals surface area contributed by atoms with E-state index >= 15 is 0 Å². The number of thiophene rings is 1. The molecule has 3 heterocycles. The molecule has 0 saturated carbocycles. The number of benzene rings is 7. The third kappa shape index (κ3) is 4.97. The summed E-state index contributed by atoms with van der Waals surface area (Å²) in [6, 6.07) is 59.8. The van der Waals surface area contributed by atoms with E-state index in [-0.39, 0.29) is 0 Å². The van der Waals surface area contributed by atoms with E-state index in [1.54, 1.807) is 0 Å². The second kappa shape index (κ2) is 11.7. The van der Waals surface area contributed by atoms with E-state index in [4.69, 9.17) is 14.4 Å². The van der Waals surface area contributed by atoms with Crippen LogP contribution in [0.25, 0.3) is 98.3 Å². The molecule has 0 unspecified atom stereocenters. The van der Waals surface area contributed by atoms with Gasteiger partial charge in [-0.1, -0.05) is 133 Å². The second-order valence-corrected chi connectivity index (χ2v) is 13.7. The van der Waals surface area contributed by atoms with E-state index in [1.807, 2.05) is 29.5 Å². The predicted octanol–water partition coefficient (Wildman–Crippen LogP) is 13.1. The van der Waals surface area contributed by atoms with Crippen LogP contribution < -0.4 is 0 Å². The lowest BCUT2D eigenvalue weighted by Crippen LogP contribution is -1.96. The number of furan rings is 1. The minimum Gasteiger partial charge on any atom is -0.456 e. The molecule has 0 atom stereocenters. The highest BCUT2D eigenvalue weighted by Gasteiger charge is 2.15. The second-order valence-electron chi connectivity index (χ2n) is 12.6. The van der Waals surface area contributed by atoms with Gasteiger partial charge in [0.15, 0.2) is 5.82 Å². The van der Waals surface area contributed by atoms with Crippen molar-refractivity contribution < 1.29 is 4.42 Å². The smallest absolute Gasteiger partial charge is 0.160 e. The average molecular weight is 657 g/mol. The highest BCUT2D eigenvalue weighted by atomic mass is 32.1. The van der Waals surface area contributed by atoms with Gasteiger partial charge >= 0.3 is 0 Å². The third-order valence-corrected chi connectivity index (χ3v) is 10.7. The van der Waals surface area contributed by atoms with E-state index < -0.39 is 0 Å². The van der Waals surface area contributed by atoms with Crippen LogP contribution in [0, 0.1) is 0 Å². The van der Waals surface area contributed by atoms with Crippen LogP contribution in [0.3, 0.4) is 0 Å². The van der Waals surface area contributed by atoms with E-state index in [1.165, 1.54) is 42.4 Å². The van der Waals surface area contributed by atoms with Gasteiger partial charge in [0, 0.05) is 37.0 Å². The molecule has 0 amide bonds. The Labute approximate surface area is 292 Å². The molecule has 7 aromatic carbocycles. The van der Waals surface area contributed by atoms with Gasteiger partial charge in [0.1, 0.15) is 11.2 Å². The van der Waals surface area contributed by atoms with Gasteiger partial charge in [0.05, 0.1) is 11.4 Å². The van der Waals surface area contributed by atoms with Crippen molar-refractivity contribution in [1.82, 2.24) is 9.97 Å². The number of rotatable bonds is 5. The fourth-order valence-corrected chi connectivity index (χ4v) is 8.03. The number of para-hydroxylation sites is 1.